The molecule has 0 spiro atoms. The van der Waals surface area contributed by atoms with Gasteiger partial charge in [0.15, 0.2) is 0 Å². The maximum atomic E-state index is 13.2. The molecule has 1 N–H and O–H groups in total. The summed E-state index contributed by atoms with van der Waals surface area (Å²) in [5.41, 5.74) is 2.47. The summed E-state index contributed by atoms with van der Waals surface area (Å²) < 4.78 is 16.2. The van der Waals surface area contributed by atoms with E-state index < -0.39 is 17.9 Å². The molecular weight excluding hydrogens is 536 g/mol. The van der Waals surface area contributed by atoms with Gasteiger partial charge in [-0.2, -0.15) is 0 Å². The number of methoxy groups -OCH3 is 1. The number of nitrogens with one attached hydrogen (secondary N) is 1. The lowest BCUT2D eigenvalue weighted by Gasteiger charge is -2.31. The Bertz CT molecular complexity index is 1330. The number of hydrogen-bond acceptors (Lipinski definition) is 8. The Labute approximate surface area is 238 Å². The van der Waals surface area contributed by atoms with Crippen LogP contribution in [-0.4, -0.2) is 62.1 Å². The lowest BCUT2D eigenvalue weighted by molar-refractivity contribution is -0.139. The van der Waals surface area contributed by atoms with Gasteiger partial charge in [0.25, 0.3) is 11.8 Å². The molecule has 0 aliphatic carbocycles. The average molecular weight is 569 g/mol. The Morgan fingerprint density at radius 1 is 0.950 bits per heavy atom. The summed E-state index contributed by atoms with van der Waals surface area (Å²) >= 11 is 6.51. The van der Waals surface area contributed by atoms with Gasteiger partial charge in [-0.05, 0) is 37.6 Å². The van der Waals surface area contributed by atoms with Crippen LogP contribution in [0, 0.1) is 0 Å². The molecule has 2 aliphatic rings. The van der Waals surface area contributed by atoms with E-state index in [0.29, 0.717) is 33.1 Å². The van der Waals surface area contributed by atoms with E-state index in [2.05, 4.69) is 5.32 Å². The van der Waals surface area contributed by atoms with Gasteiger partial charge in [-0.25, -0.2) is 9.59 Å². The number of rotatable bonds is 9. The highest BCUT2D eigenvalue weighted by Crippen LogP contribution is 2.41. The van der Waals surface area contributed by atoms with Crippen LogP contribution in [0.3, 0.4) is 0 Å². The van der Waals surface area contributed by atoms with E-state index in [1.165, 1.54) is 7.11 Å². The van der Waals surface area contributed by atoms with Crippen molar-refractivity contribution in [2.75, 3.05) is 33.5 Å². The maximum Gasteiger partial charge on any atom is 0.336 e. The summed E-state index contributed by atoms with van der Waals surface area (Å²) in [6, 6.07) is 13.5. The molecule has 0 saturated heterocycles. The minimum absolute atomic E-state index is 0.0239. The average Bonchev–Trinajstić information content (AvgIpc) is 3.20. The van der Waals surface area contributed by atoms with Crippen LogP contribution in [0.15, 0.2) is 71.1 Å². The predicted molar refractivity (Wildman–Crippen MR) is 150 cm³/mol. The zero-order valence-corrected chi connectivity index (χ0v) is 24.0. The second kappa shape index (κ2) is 13.9. The fourth-order valence-corrected chi connectivity index (χ4v) is 4.88. The molecule has 2 aromatic carbocycles. The molecule has 0 aromatic heterocycles. The number of nitrogens with zero attached hydrogens (tertiary/aromatic N) is 1. The fraction of sp³-hybridized carbons (Fsp3) is 0.333. The van der Waals surface area contributed by atoms with Crippen LogP contribution in [0.4, 0.5) is 0 Å². The Hall–Kier alpha value is -3.95. The molecule has 0 radical (unpaired) electrons. The highest BCUT2D eigenvalue weighted by molar-refractivity contribution is 6.31. The van der Waals surface area contributed by atoms with E-state index in [9.17, 15) is 19.2 Å². The molecule has 1 unspecified atom stereocenters. The highest BCUT2D eigenvalue weighted by atomic mass is 35.5. The molecule has 10 heteroatoms. The first kappa shape index (κ1) is 30.6. The predicted octanol–water partition coefficient (Wildman–Crippen LogP) is 4.63. The first-order valence-electron chi connectivity index (χ1n) is 13.0. The number of fused-ring (bicyclic) bond motifs is 1. The molecule has 9 nitrogen and oxygen atoms in total. The van der Waals surface area contributed by atoms with Gasteiger partial charge in [-0.15, -0.1) is 0 Å². The molecule has 0 fully saturated rings. The second-order valence-electron chi connectivity index (χ2n) is 8.58. The van der Waals surface area contributed by atoms with E-state index in [-0.39, 0.29) is 49.3 Å². The van der Waals surface area contributed by atoms with Crippen molar-refractivity contribution in [3.05, 3.63) is 92.8 Å². The quantitative estimate of drug-likeness (QED) is 0.265. The summed E-state index contributed by atoms with van der Waals surface area (Å²) in [6.45, 7) is 7.46. The Morgan fingerprint density at radius 2 is 1.55 bits per heavy atom. The monoisotopic (exact) mass is 568 g/mol. The Kier molecular flexibility index (Phi) is 10.6. The number of allylic oxidation sites excluding steroid dienone is 1. The number of amides is 2. The van der Waals surface area contributed by atoms with E-state index in [4.69, 9.17) is 25.8 Å². The van der Waals surface area contributed by atoms with Crippen LogP contribution < -0.4 is 5.32 Å². The number of esters is 2. The number of hydrogen-bond donors (Lipinski definition) is 1. The first-order chi connectivity index (χ1) is 19.3. The van der Waals surface area contributed by atoms with Crippen molar-refractivity contribution in [3.63, 3.8) is 0 Å². The summed E-state index contributed by atoms with van der Waals surface area (Å²) in [7, 11) is 1.26. The van der Waals surface area contributed by atoms with Crippen LogP contribution >= 0.6 is 11.6 Å². The number of ether oxygens (including phenoxy) is 3. The molecule has 4 rings (SSSR count). The molecule has 212 valence electrons. The molecule has 0 saturated carbocycles. The molecule has 2 amide bonds. The highest BCUT2D eigenvalue weighted by Gasteiger charge is 2.40. The van der Waals surface area contributed by atoms with E-state index in [1.807, 2.05) is 13.8 Å². The summed E-state index contributed by atoms with van der Waals surface area (Å²) in [6.07, 6.45) is 0. The van der Waals surface area contributed by atoms with Crippen LogP contribution in [-0.2, 0) is 23.8 Å². The zero-order valence-electron chi connectivity index (χ0n) is 23.2. The van der Waals surface area contributed by atoms with Crippen molar-refractivity contribution < 1.29 is 33.4 Å². The summed E-state index contributed by atoms with van der Waals surface area (Å²) in [4.78, 5) is 52.4. The first-order valence-corrected chi connectivity index (χ1v) is 13.4. The normalized spacial score (nSPS) is 16.2. The smallest absolute Gasteiger partial charge is 0.336 e. The number of carbonyl (C=O) groups is 4. The third kappa shape index (κ3) is 6.11. The number of halogens is 1. The molecule has 0 bridgehead atoms. The fourth-order valence-electron chi connectivity index (χ4n) is 4.63. The Morgan fingerprint density at radius 3 is 2.12 bits per heavy atom. The van der Waals surface area contributed by atoms with Gasteiger partial charge in [0, 0.05) is 10.7 Å². The molecular formula is C30H33ClN2O7. The third-order valence-corrected chi connectivity index (χ3v) is 6.69. The maximum absolute atomic E-state index is 13.2. The molecule has 2 aromatic rings. The van der Waals surface area contributed by atoms with Crippen LogP contribution in [0.25, 0.3) is 0 Å². The van der Waals surface area contributed by atoms with Gasteiger partial charge in [-0.3, -0.25) is 14.5 Å². The van der Waals surface area contributed by atoms with Gasteiger partial charge in [0.05, 0.1) is 67.4 Å². The van der Waals surface area contributed by atoms with E-state index >= 15 is 0 Å². The van der Waals surface area contributed by atoms with E-state index in [1.54, 1.807) is 62.4 Å². The second-order valence-corrected chi connectivity index (χ2v) is 8.99. The standard InChI is InChI=1S/C28H27ClN2O7.C2H6/c1-4-38-28(35)24-21(15-37-14-13-31-25(32)17-9-5-6-10-18(17)26(31)33)30-16(2)22(27(34)36-3)23(24)19-11-7-8-12-20(19)29;1-2/h5-12,23,30H,4,13-15H2,1-3H3;1-2H3. The van der Waals surface area contributed by atoms with Crippen molar-refractivity contribution in [1.29, 1.82) is 0 Å². The van der Waals surface area contributed by atoms with Gasteiger partial charge in [-0.1, -0.05) is 55.8 Å². The van der Waals surface area contributed by atoms with Gasteiger partial charge in [0.1, 0.15) is 0 Å². The minimum atomic E-state index is -0.869. The topological polar surface area (TPSA) is 111 Å². The molecule has 1 atom stereocenters. The van der Waals surface area contributed by atoms with E-state index in [0.717, 1.165) is 4.90 Å². The summed E-state index contributed by atoms with van der Waals surface area (Å²) in [5, 5.41) is 3.45. The minimum Gasteiger partial charge on any atom is -0.466 e. The van der Waals surface area contributed by atoms with Gasteiger partial charge < -0.3 is 19.5 Å². The molecule has 2 heterocycles. The van der Waals surface area contributed by atoms with Gasteiger partial charge >= 0.3 is 11.9 Å². The SMILES string of the molecule is CC.CCOC(=O)C1=C(COCCN2C(=O)c3ccccc3C2=O)NC(C)=C(C(=O)OC)C1c1ccccc1Cl. The number of carbonyl (C=O) groups excluding carboxylic acids is 4. The van der Waals surface area contributed by atoms with Crippen molar-refractivity contribution in [3.8, 4) is 0 Å². The summed E-state index contributed by atoms with van der Waals surface area (Å²) in [5.74, 6) is -2.88. The number of benzene rings is 2. The van der Waals surface area contributed by atoms with Crippen LogP contribution in [0.2, 0.25) is 5.02 Å². The largest absolute Gasteiger partial charge is 0.466 e. The van der Waals surface area contributed by atoms with Crippen LogP contribution in [0.5, 0.6) is 0 Å². The van der Waals surface area contributed by atoms with Crippen molar-refractivity contribution in [2.45, 2.75) is 33.6 Å². The lowest BCUT2D eigenvalue weighted by atomic mass is 9.80. The Balaban J connectivity index is 0.00000216. The van der Waals surface area contributed by atoms with Crippen molar-refractivity contribution >= 4 is 35.4 Å². The lowest BCUT2D eigenvalue weighted by Crippen LogP contribution is -2.36. The molecule has 2 aliphatic heterocycles. The third-order valence-electron chi connectivity index (χ3n) is 6.35. The number of dihydropyridines is 1. The van der Waals surface area contributed by atoms with Crippen molar-refractivity contribution in [1.82, 2.24) is 10.2 Å². The van der Waals surface area contributed by atoms with Crippen molar-refractivity contribution in [2.24, 2.45) is 0 Å². The molecule has 40 heavy (non-hydrogen) atoms. The van der Waals surface area contributed by atoms with Gasteiger partial charge in [0.2, 0.25) is 0 Å². The zero-order chi connectivity index (χ0) is 29.4. The number of imide groups is 1. The van der Waals surface area contributed by atoms with Crippen LogP contribution in [0.1, 0.15) is 59.9 Å².